The highest BCUT2D eigenvalue weighted by molar-refractivity contribution is 9.10. The summed E-state index contributed by atoms with van der Waals surface area (Å²) in [6, 6.07) is 9.35. The molecule has 0 heterocycles. The first-order chi connectivity index (χ1) is 9.38. The third-order valence-electron chi connectivity index (χ3n) is 3.18. The maximum atomic E-state index is 11.0. The maximum Gasteiger partial charge on any atom is 0.335 e. The van der Waals surface area contributed by atoms with Crippen LogP contribution in [0.3, 0.4) is 0 Å². The minimum atomic E-state index is -0.899. The molecule has 2 rings (SSSR count). The van der Waals surface area contributed by atoms with Gasteiger partial charge in [-0.3, -0.25) is 0 Å². The van der Waals surface area contributed by atoms with Crippen LogP contribution in [0.5, 0.6) is 0 Å². The van der Waals surface area contributed by atoms with E-state index in [1.165, 1.54) is 0 Å². The molecule has 2 N–H and O–H groups in total. The molecule has 0 spiro atoms. The van der Waals surface area contributed by atoms with Gasteiger partial charge in [-0.15, -0.1) is 0 Å². The summed E-state index contributed by atoms with van der Waals surface area (Å²) in [5.74, 6) is -0.899. The fourth-order valence-corrected chi connectivity index (χ4v) is 2.40. The second kappa shape index (κ2) is 5.67. The number of carbonyl (C=O) groups is 1. The van der Waals surface area contributed by atoms with E-state index in [0.717, 1.165) is 32.5 Å². The number of rotatable bonds is 3. The Morgan fingerprint density at radius 3 is 2.05 bits per heavy atom. The molecule has 0 aliphatic heterocycles. The van der Waals surface area contributed by atoms with Crippen LogP contribution in [0.25, 0.3) is 0 Å². The summed E-state index contributed by atoms with van der Waals surface area (Å²) in [4.78, 5) is 11.0. The summed E-state index contributed by atoms with van der Waals surface area (Å²) in [5, 5.41) is 12.3. The highest BCUT2D eigenvalue weighted by Crippen LogP contribution is 2.27. The fraction of sp³-hybridized carbons (Fsp3) is 0.188. The molecule has 0 aliphatic rings. The number of carboxylic acid groups (broad SMARTS) is 1. The molecule has 4 heteroatoms. The molecule has 2 aromatic rings. The van der Waals surface area contributed by atoms with E-state index in [1.807, 2.05) is 19.9 Å². The standard InChI is InChI=1S/C16H16BrNO2/c1-9-6-12(4-5-14(9)16(19)20)18-13-7-10(2)15(17)11(3)8-13/h4-8,18H,1-3H3,(H,19,20). The van der Waals surface area contributed by atoms with Crippen LogP contribution in [0, 0.1) is 20.8 Å². The molecule has 0 atom stereocenters. The van der Waals surface area contributed by atoms with E-state index in [2.05, 4.69) is 33.4 Å². The zero-order chi connectivity index (χ0) is 14.9. The third-order valence-corrected chi connectivity index (χ3v) is 4.43. The predicted molar refractivity (Wildman–Crippen MR) is 85.0 cm³/mol. The first kappa shape index (κ1) is 14.6. The first-order valence-electron chi connectivity index (χ1n) is 6.26. The average molecular weight is 334 g/mol. The molecular weight excluding hydrogens is 318 g/mol. The number of hydrogen-bond donors (Lipinski definition) is 2. The number of benzene rings is 2. The van der Waals surface area contributed by atoms with Crippen molar-refractivity contribution in [2.75, 3.05) is 5.32 Å². The Kier molecular flexibility index (Phi) is 4.14. The number of halogens is 1. The third kappa shape index (κ3) is 3.02. The molecule has 0 unspecified atom stereocenters. The van der Waals surface area contributed by atoms with Crippen molar-refractivity contribution >= 4 is 33.3 Å². The molecule has 0 bridgehead atoms. The zero-order valence-electron chi connectivity index (χ0n) is 11.6. The molecule has 0 saturated heterocycles. The molecule has 104 valence electrons. The van der Waals surface area contributed by atoms with Gasteiger partial charge in [0.15, 0.2) is 0 Å². The van der Waals surface area contributed by atoms with Gasteiger partial charge in [-0.05, 0) is 67.8 Å². The van der Waals surface area contributed by atoms with Gasteiger partial charge in [0.2, 0.25) is 0 Å². The van der Waals surface area contributed by atoms with Crippen molar-refractivity contribution < 1.29 is 9.90 Å². The smallest absolute Gasteiger partial charge is 0.335 e. The van der Waals surface area contributed by atoms with Gasteiger partial charge in [-0.25, -0.2) is 4.79 Å². The van der Waals surface area contributed by atoms with Gasteiger partial charge < -0.3 is 10.4 Å². The quantitative estimate of drug-likeness (QED) is 0.846. The molecule has 0 aromatic heterocycles. The highest BCUT2D eigenvalue weighted by atomic mass is 79.9. The van der Waals surface area contributed by atoms with Crippen molar-refractivity contribution in [2.24, 2.45) is 0 Å². The van der Waals surface area contributed by atoms with Crippen LogP contribution in [-0.2, 0) is 0 Å². The lowest BCUT2D eigenvalue weighted by molar-refractivity contribution is 0.0696. The van der Waals surface area contributed by atoms with Crippen molar-refractivity contribution in [3.8, 4) is 0 Å². The Labute approximate surface area is 126 Å². The molecule has 0 radical (unpaired) electrons. The minimum absolute atomic E-state index is 0.332. The SMILES string of the molecule is Cc1cc(Nc2cc(C)c(Br)c(C)c2)ccc1C(=O)O. The number of nitrogens with one attached hydrogen (secondary N) is 1. The van der Waals surface area contributed by atoms with Crippen molar-refractivity contribution in [1.29, 1.82) is 0 Å². The summed E-state index contributed by atoms with van der Waals surface area (Å²) in [5.41, 5.74) is 5.27. The van der Waals surface area contributed by atoms with Crippen molar-refractivity contribution in [3.05, 3.63) is 57.1 Å². The van der Waals surface area contributed by atoms with E-state index in [9.17, 15) is 4.79 Å². The molecule has 0 saturated carbocycles. The molecule has 20 heavy (non-hydrogen) atoms. The topological polar surface area (TPSA) is 49.3 Å². The van der Waals surface area contributed by atoms with Gasteiger partial charge in [-0.2, -0.15) is 0 Å². The second-order valence-corrected chi connectivity index (χ2v) is 5.68. The summed E-state index contributed by atoms with van der Waals surface area (Å²) < 4.78 is 1.11. The number of aromatic carboxylic acids is 1. The van der Waals surface area contributed by atoms with Crippen LogP contribution in [0.1, 0.15) is 27.0 Å². The van der Waals surface area contributed by atoms with E-state index >= 15 is 0 Å². The Morgan fingerprint density at radius 2 is 1.55 bits per heavy atom. The van der Waals surface area contributed by atoms with E-state index in [1.54, 1.807) is 19.1 Å². The van der Waals surface area contributed by atoms with E-state index in [4.69, 9.17) is 5.11 Å². The van der Waals surface area contributed by atoms with Gasteiger partial charge in [0.05, 0.1) is 5.56 Å². The average Bonchev–Trinajstić information content (AvgIpc) is 2.35. The monoisotopic (exact) mass is 333 g/mol. The van der Waals surface area contributed by atoms with Gasteiger partial charge in [0.1, 0.15) is 0 Å². The molecule has 2 aromatic carbocycles. The summed E-state index contributed by atoms with van der Waals surface area (Å²) in [7, 11) is 0. The summed E-state index contributed by atoms with van der Waals surface area (Å²) >= 11 is 3.54. The van der Waals surface area contributed by atoms with Gasteiger partial charge >= 0.3 is 5.97 Å². The Hall–Kier alpha value is -1.81. The molecular formula is C16H16BrNO2. The van der Waals surface area contributed by atoms with Crippen LogP contribution in [0.2, 0.25) is 0 Å². The molecule has 0 fully saturated rings. The second-order valence-electron chi connectivity index (χ2n) is 4.88. The van der Waals surface area contributed by atoms with Crippen LogP contribution in [-0.4, -0.2) is 11.1 Å². The van der Waals surface area contributed by atoms with Gasteiger partial charge in [-0.1, -0.05) is 15.9 Å². The first-order valence-corrected chi connectivity index (χ1v) is 7.05. The minimum Gasteiger partial charge on any atom is -0.478 e. The zero-order valence-corrected chi connectivity index (χ0v) is 13.2. The number of aryl methyl sites for hydroxylation is 3. The Bertz CT molecular complexity index is 657. The highest BCUT2D eigenvalue weighted by Gasteiger charge is 2.08. The lowest BCUT2D eigenvalue weighted by Crippen LogP contribution is -2.00. The van der Waals surface area contributed by atoms with E-state index in [0.29, 0.717) is 5.56 Å². The largest absolute Gasteiger partial charge is 0.478 e. The Morgan fingerprint density at radius 1 is 1.00 bits per heavy atom. The predicted octanol–water partition coefficient (Wildman–Crippen LogP) is 4.82. The van der Waals surface area contributed by atoms with Crippen molar-refractivity contribution in [1.82, 2.24) is 0 Å². The lowest BCUT2D eigenvalue weighted by Gasteiger charge is -2.12. The van der Waals surface area contributed by atoms with Crippen molar-refractivity contribution in [2.45, 2.75) is 20.8 Å². The van der Waals surface area contributed by atoms with Gasteiger partial charge in [0.25, 0.3) is 0 Å². The van der Waals surface area contributed by atoms with Crippen LogP contribution >= 0.6 is 15.9 Å². The number of hydrogen-bond acceptors (Lipinski definition) is 2. The van der Waals surface area contributed by atoms with E-state index in [-0.39, 0.29) is 0 Å². The fourth-order valence-electron chi connectivity index (χ4n) is 2.17. The normalized spacial score (nSPS) is 10.4. The summed E-state index contributed by atoms with van der Waals surface area (Å²) in [6.45, 7) is 5.88. The molecule has 0 amide bonds. The Balaban J connectivity index is 2.31. The van der Waals surface area contributed by atoms with E-state index < -0.39 is 5.97 Å². The molecule has 3 nitrogen and oxygen atoms in total. The summed E-state index contributed by atoms with van der Waals surface area (Å²) in [6.07, 6.45) is 0. The van der Waals surface area contributed by atoms with Crippen LogP contribution in [0.4, 0.5) is 11.4 Å². The van der Waals surface area contributed by atoms with Crippen LogP contribution < -0.4 is 5.32 Å². The van der Waals surface area contributed by atoms with Crippen molar-refractivity contribution in [3.63, 3.8) is 0 Å². The molecule has 0 aliphatic carbocycles. The lowest BCUT2D eigenvalue weighted by atomic mass is 10.1. The number of anilines is 2. The van der Waals surface area contributed by atoms with Crippen LogP contribution in [0.15, 0.2) is 34.8 Å². The number of carboxylic acids is 1. The maximum absolute atomic E-state index is 11.0. The van der Waals surface area contributed by atoms with Gasteiger partial charge in [0, 0.05) is 15.8 Å².